The SMILES string of the molecule is CC(=O)N[C@H](C)c1nccc2c1[nH]c1ccccc12. The van der Waals surface area contributed by atoms with Crippen molar-refractivity contribution in [1.29, 1.82) is 0 Å². The van der Waals surface area contributed by atoms with Crippen LogP contribution in [0.1, 0.15) is 25.6 Å². The number of rotatable bonds is 2. The monoisotopic (exact) mass is 253 g/mol. The lowest BCUT2D eigenvalue weighted by Gasteiger charge is -2.12. The molecule has 1 amide bonds. The molecule has 0 aliphatic heterocycles. The minimum absolute atomic E-state index is 0.0533. The Balaban J connectivity index is 2.23. The second kappa shape index (κ2) is 4.39. The van der Waals surface area contributed by atoms with Crippen LogP contribution in [-0.4, -0.2) is 15.9 Å². The molecule has 0 unspecified atom stereocenters. The highest BCUT2D eigenvalue weighted by Crippen LogP contribution is 2.28. The van der Waals surface area contributed by atoms with Gasteiger partial charge < -0.3 is 10.3 Å². The fourth-order valence-electron chi connectivity index (χ4n) is 2.50. The van der Waals surface area contributed by atoms with E-state index >= 15 is 0 Å². The van der Waals surface area contributed by atoms with Gasteiger partial charge in [0.25, 0.3) is 0 Å². The van der Waals surface area contributed by atoms with E-state index < -0.39 is 0 Å². The zero-order valence-electron chi connectivity index (χ0n) is 10.9. The Kier molecular flexibility index (Phi) is 2.71. The number of carbonyl (C=O) groups is 1. The summed E-state index contributed by atoms with van der Waals surface area (Å²) in [5, 5.41) is 5.19. The smallest absolute Gasteiger partial charge is 0.217 e. The van der Waals surface area contributed by atoms with Gasteiger partial charge in [0.05, 0.1) is 17.3 Å². The fraction of sp³-hybridized carbons (Fsp3) is 0.200. The van der Waals surface area contributed by atoms with Crippen molar-refractivity contribution in [3.05, 3.63) is 42.2 Å². The van der Waals surface area contributed by atoms with E-state index in [0.717, 1.165) is 22.1 Å². The summed E-state index contributed by atoms with van der Waals surface area (Å²) in [5.74, 6) is -0.0533. The van der Waals surface area contributed by atoms with E-state index in [2.05, 4.69) is 21.4 Å². The molecule has 0 aliphatic carbocycles. The van der Waals surface area contributed by atoms with Crippen molar-refractivity contribution >= 4 is 27.7 Å². The molecule has 1 atom stereocenters. The molecule has 19 heavy (non-hydrogen) atoms. The van der Waals surface area contributed by atoms with Gasteiger partial charge in [-0.15, -0.1) is 0 Å². The first kappa shape index (κ1) is 11.7. The van der Waals surface area contributed by atoms with Gasteiger partial charge in [-0.3, -0.25) is 9.78 Å². The third-order valence-corrected chi connectivity index (χ3v) is 3.29. The summed E-state index contributed by atoms with van der Waals surface area (Å²) < 4.78 is 0. The molecule has 0 radical (unpaired) electrons. The van der Waals surface area contributed by atoms with Crippen molar-refractivity contribution in [2.75, 3.05) is 0 Å². The van der Waals surface area contributed by atoms with Crippen LogP contribution in [0.15, 0.2) is 36.5 Å². The number of amides is 1. The number of nitrogens with one attached hydrogen (secondary N) is 2. The standard InChI is InChI=1S/C15H15N3O/c1-9(17-10(2)19)14-15-12(7-8-16-14)11-5-3-4-6-13(11)18-15/h3-9,18H,1-2H3,(H,17,19)/t9-/m1/s1. The Morgan fingerprint density at radius 2 is 2.05 bits per heavy atom. The molecule has 2 N–H and O–H groups in total. The molecule has 1 aromatic carbocycles. The third-order valence-electron chi connectivity index (χ3n) is 3.29. The molecule has 0 bridgehead atoms. The maximum Gasteiger partial charge on any atom is 0.217 e. The number of benzene rings is 1. The molecular formula is C15H15N3O. The molecule has 0 spiro atoms. The lowest BCUT2D eigenvalue weighted by Crippen LogP contribution is -2.24. The van der Waals surface area contributed by atoms with Gasteiger partial charge in [0.15, 0.2) is 0 Å². The highest BCUT2D eigenvalue weighted by Gasteiger charge is 2.14. The minimum Gasteiger partial charge on any atom is -0.353 e. The van der Waals surface area contributed by atoms with E-state index in [4.69, 9.17) is 0 Å². The maximum atomic E-state index is 11.2. The molecule has 0 aliphatic rings. The number of pyridine rings is 1. The fourth-order valence-corrected chi connectivity index (χ4v) is 2.50. The molecule has 4 heteroatoms. The van der Waals surface area contributed by atoms with Crippen LogP contribution in [0.2, 0.25) is 0 Å². The molecule has 3 aromatic rings. The van der Waals surface area contributed by atoms with Crippen molar-refractivity contribution < 1.29 is 4.79 Å². The van der Waals surface area contributed by atoms with Crippen LogP contribution in [0, 0.1) is 0 Å². The predicted molar refractivity (Wildman–Crippen MR) is 75.8 cm³/mol. The summed E-state index contributed by atoms with van der Waals surface area (Å²) in [5.41, 5.74) is 2.94. The summed E-state index contributed by atoms with van der Waals surface area (Å²) in [7, 11) is 0. The summed E-state index contributed by atoms with van der Waals surface area (Å²) in [6, 6.07) is 10.0. The van der Waals surface area contributed by atoms with Gasteiger partial charge in [0, 0.05) is 29.4 Å². The first-order valence-corrected chi connectivity index (χ1v) is 6.29. The Hall–Kier alpha value is -2.36. The van der Waals surface area contributed by atoms with E-state index in [1.807, 2.05) is 31.2 Å². The molecule has 96 valence electrons. The number of carbonyl (C=O) groups excluding carboxylic acids is 1. The van der Waals surface area contributed by atoms with Crippen molar-refractivity contribution in [2.24, 2.45) is 0 Å². The predicted octanol–water partition coefficient (Wildman–Crippen LogP) is 2.91. The zero-order valence-corrected chi connectivity index (χ0v) is 10.9. The summed E-state index contributed by atoms with van der Waals surface area (Å²) in [6.07, 6.45) is 1.79. The van der Waals surface area contributed by atoms with Crippen molar-refractivity contribution in [3.63, 3.8) is 0 Å². The number of aromatic nitrogens is 2. The lowest BCUT2D eigenvalue weighted by molar-refractivity contribution is -0.119. The molecule has 2 heterocycles. The average molecular weight is 253 g/mol. The van der Waals surface area contributed by atoms with Crippen LogP contribution >= 0.6 is 0 Å². The Morgan fingerprint density at radius 1 is 1.26 bits per heavy atom. The van der Waals surface area contributed by atoms with Crippen LogP contribution in [-0.2, 0) is 4.79 Å². The van der Waals surface area contributed by atoms with Crippen molar-refractivity contribution in [3.8, 4) is 0 Å². The highest BCUT2D eigenvalue weighted by atomic mass is 16.1. The van der Waals surface area contributed by atoms with E-state index in [1.54, 1.807) is 6.20 Å². The molecular weight excluding hydrogens is 238 g/mol. The molecule has 0 saturated carbocycles. The van der Waals surface area contributed by atoms with Crippen LogP contribution in [0.5, 0.6) is 0 Å². The second-order valence-electron chi connectivity index (χ2n) is 4.71. The number of hydrogen-bond acceptors (Lipinski definition) is 2. The number of aromatic amines is 1. The Morgan fingerprint density at radius 3 is 2.84 bits per heavy atom. The minimum atomic E-state index is -0.116. The summed E-state index contributed by atoms with van der Waals surface area (Å²) in [4.78, 5) is 19.0. The summed E-state index contributed by atoms with van der Waals surface area (Å²) >= 11 is 0. The van der Waals surface area contributed by atoms with Gasteiger partial charge in [-0.25, -0.2) is 0 Å². The molecule has 2 aromatic heterocycles. The number of nitrogens with zero attached hydrogens (tertiary/aromatic N) is 1. The maximum absolute atomic E-state index is 11.2. The zero-order chi connectivity index (χ0) is 13.4. The van der Waals surface area contributed by atoms with E-state index in [0.29, 0.717) is 0 Å². The van der Waals surface area contributed by atoms with Crippen molar-refractivity contribution in [2.45, 2.75) is 19.9 Å². The first-order chi connectivity index (χ1) is 9.16. The number of para-hydroxylation sites is 1. The number of hydrogen-bond donors (Lipinski definition) is 2. The van der Waals surface area contributed by atoms with Gasteiger partial charge in [-0.2, -0.15) is 0 Å². The van der Waals surface area contributed by atoms with E-state index in [9.17, 15) is 4.79 Å². The van der Waals surface area contributed by atoms with Crippen molar-refractivity contribution in [1.82, 2.24) is 15.3 Å². The normalized spacial score (nSPS) is 12.7. The van der Waals surface area contributed by atoms with Gasteiger partial charge >= 0.3 is 0 Å². The van der Waals surface area contributed by atoms with Crippen LogP contribution < -0.4 is 5.32 Å². The average Bonchev–Trinajstić information content (AvgIpc) is 2.76. The van der Waals surface area contributed by atoms with Gasteiger partial charge in [0.2, 0.25) is 5.91 Å². The van der Waals surface area contributed by atoms with Crippen LogP contribution in [0.3, 0.4) is 0 Å². The van der Waals surface area contributed by atoms with Gasteiger partial charge in [0.1, 0.15) is 0 Å². The largest absolute Gasteiger partial charge is 0.353 e. The summed E-state index contributed by atoms with van der Waals surface area (Å²) in [6.45, 7) is 3.45. The topological polar surface area (TPSA) is 57.8 Å². The van der Waals surface area contributed by atoms with Crippen LogP contribution in [0.25, 0.3) is 21.8 Å². The second-order valence-corrected chi connectivity index (χ2v) is 4.71. The quantitative estimate of drug-likeness (QED) is 0.737. The highest BCUT2D eigenvalue weighted by molar-refractivity contribution is 6.07. The number of H-pyrrole nitrogens is 1. The Labute approximate surface area is 110 Å². The first-order valence-electron chi connectivity index (χ1n) is 6.29. The van der Waals surface area contributed by atoms with E-state index in [-0.39, 0.29) is 11.9 Å². The van der Waals surface area contributed by atoms with Gasteiger partial charge in [-0.05, 0) is 19.1 Å². The van der Waals surface area contributed by atoms with E-state index in [1.165, 1.54) is 12.3 Å². The number of fused-ring (bicyclic) bond motifs is 3. The molecule has 0 fully saturated rings. The lowest BCUT2D eigenvalue weighted by atomic mass is 10.1. The third kappa shape index (κ3) is 1.95. The van der Waals surface area contributed by atoms with Gasteiger partial charge in [-0.1, -0.05) is 18.2 Å². The molecule has 3 rings (SSSR count). The Bertz CT molecular complexity index is 760. The molecule has 4 nitrogen and oxygen atoms in total. The molecule has 0 saturated heterocycles. The van der Waals surface area contributed by atoms with Crippen LogP contribution in [0.4, 0.5) is 0 Å².